The van der Waals surface area contributed by atoms with Crippen molar-refractivity contribution in [3.05, 3.63) is 34.3 Å². The summed E-state index contributed by atoms with van der Waals surface area (Å²) < 4.78 is 6.65. The van der Waals surface area contributed by atoms with Crippen molar-refractivity contribution in [3.8, 4) is 0 Å². The number of rotatable bonds is 5. The van der Waals surface area contributed by atoms with Crippen LogP contribution < -0.4 is 11.5 Å². The molecule has 1 aromatic carbocycles. The molecule has 0 saturated carbocycles. The average Bonchev–Trinajstić information content (AvgIpc) is 2.70. The van der Waals surface area contributed by atoms with Gasteiger partial charge in [0.15, 0.2) is 5.58 Å². The third-order valence-electron chi connectivity index (χ3n) is 3.70. The molecule has 1 unspecified atom stereocenters. The predicted octanol–water partition coefficient (Wildman–Crippen LogP) is 0.953. The highest BCUT2D eigenvalue weighted by atomic mass is 16.4. The van der Waals surface area contributed by atoms with E-state index in [4.69, 9.17) is 10.2 Å². The molecule has 5 heteroatoms. The molecule has 0 fully saturated rings. The number of nitrogens with zero attached hydrogens (tertiary/aromatic N) is 2. The molecule has 2 rings (SSSR count). The van der Waals surface area contributed by atoms with Gasteiger partial charge >= 0.3 is 5.76 Å². The van der Waals surface area contributed by atoms with Gasteiger partial charge in [0.25, 0.3) is 0 Å². The van der Waals surface area contributed by atoms with Crippen LogP contribution in [0.25, 0.3) is 11.1 Å². The van der Waals surface area contributed by atoms with Crippen LogP contribution in [0.3, 0.4) is 0 Å². The molecule has 1 atom stereocenters. The largest absolute Gasteiger partial charge is 0.419 e. The summed E-state index contributed by atoms with van der Waals surface area (Å²) in [7, 11) is 3.80. The Bertz CT molecular complexity index is 615. The second kappa shape index (κ2) is 5.59. The SMILES string of the molecule is CC(CN)N(C)CCc1ccc2oc(=O)n(C)c2c1. The molecule has 2 N–H and O–H groups in total. The van der Waals surface area contributed by atoms with E-state index in [2.05, 4.69) is 18.9 Å². The van der Waals surface area contributed by atoms with Crippen LogP contribution >= 0.6 is 0 Å². The number of oxazole rings is 1. The molecule has 0 saturated heterocycles. The van der Waals surface area contributed by atoms with Gasteiger partial charge in [0, 0.05) is 26.2 Å². The lowest BCUT2D eigenvalue weighted by molar-refractivity contribution is 0.266. The molecule has 0 spiro atoms. The number of hydrogen-bond acceptors (Lipinski definition) is 4. The lowest BCUT2D eigenvalue weighted by Gasteiger charge is -2.23. The summed E-state index contributed by atoms with van der Waals surface area (Å²) >= 11 is 0. The van der Waals surface area contributed by atoms with Gasteiger partial charge < -0.3 is 15.1 Å². The normalized spacial score (nSPS) is 13.3. The molecule has 2 aromatic rings. The first-order valence-electron chi connectivity index (χ1n) is 6.51. The molecule has 0 aliphatic heterocycles. The smallest absolute Gasteiger partial charge is 0.408 e. The van der Waals surface area contributed by atoms with Crippen LogP contribution in [-0.4, -0.2) is 35.6 Å². The van der Waals surface area contributed by atoms with Crippen molar-refractivity contribution >= 4 is 11.1 Å². The molecule has 0 aliphatic rings. The van der Waals surface area contributed by atoms with E-state index in [-0.39, 0.29) is 5.76 Å². The van der Waals surface area contributed by atoms with Crippen LogP contribution in [0.1, 0.15) is 12.5 Å². The first kappa shape index (κ1) is 13.8. The minimum Gasteiger partial charge on any atom is -0.408 e. The zero-order valence-electron chi connectivity index (χ0n) is 11.7. The van der Waals surface area contributed by atoms with E-state index in [1.54, 1.807) is 7.05 Å². The number of nitrogens with two attached hydrogens (primary N) is 1. The second-order valence-corrected chi connectivity index (χ2v) is 5.04. The van der Waals surface area contributed by atoms with E-state index in [9.17, 15) is 4.79 Å². The van der Waals surface area contributed by atoms with Gasteiger partial charge in [-0.25, -0.2) is 4.79 Å². The summed E-state index contributed by atoms with van der Waals surface area (Å²) in [5.74, 6) is -0.318. The van der Waals surface area contributed by atoms with E-state index < -0.39 is 0 Å². The van der Waals surface area contributed by atoms with Crippen molar-refractivity contribution in [2.45, 2.75) is 19.4 Å². The number of likely N-dealkylation sites (N-methyl/N-ethyl adjacent to an activating group) is 1. The second-order valence-electron chi connectivity index (χ2n) is 5.04. The Hall–Kier alpha value is -1.59. The summed E-state index contributed by atoms with van der Waals surface area (Å²) in [6.45, 7) is 3.71. The zero-order valence-corrected chi connectivity index (χ0v) is 11.7. The highest BCUT2D eigenvalue weighted by Crippen LogP contribution is 2.15. The van der Waals surface area contributed by atoms with Gasteiger partial charge in [-0.1, -0.05) is 6.07 Å². The van der Waals surface area contributed by atoms with Gasteiger partial charge in [0.2, 0.25) is 0 Å². The Morgan fingerprint density at radius 3 is 2.89 bits per heavy atom. The molecule has 1 heterocycles. The van der Waals surface area contributed by atoms with E-state index in [0.717, 1.165) is 18.5 Å². The van der Waals surface area contributed by atoms with Gasteiger partial charge in [-0.05, 0) is 38.1 Å². The van der Waals surface area contributed by atoms with Crippen LogP contribution in [-0.2, 0) is 13.5 Å². The van der Waals surface area contributed by atoms with E-state index >= 15 is 0 Å². The van der Waals surface area contributed by atoms with Gasteiger partial charge in [-0.2, -0.15) is 0 Å². The van der Waals surface area contributed by atoms with Crippen molar-refractivity contribution in [1.82, 2.24) is 9.47 Å². The first-order chi connectivity index (χ1) is 9.02. The monoisotopic (exact) mass is 263 g/mol. The summed E-state index contributed by atoms with van der Waals surface area (Å²) in [6, 6.07) is 6.26. The van der Waals surface area contributed by atoms with Crippen LogP contribution in [0.5, 0.6) is 0 Å². The van der Waals surface area contributed by atoms with Gasteiger partial charge in [-0.3, -0.25) is 4.57 Å². The van der Waals surface area contributed by atoms with E-state index in [0.29, 0.717) is 18.2 Å². The standard InChI is InChI=1S/C14H21N3O2/c1-10(9-15)16(2)7-6-11-4-5-13-12(8-11)17(3)14(18)19-13/h4-5,8,10H,6-7,9,15H2,1-3H3. The molecule has 0 radical (unpaired) electrons. The maximum Gasteiger partial charge on any atom is 0.419 e. The van der Waals surface area contributed by atoms with Crippen molar-refractivity contribution in [1.29, 1.82) is 0 Å². The molecule has 0 amide bonds. The maximum absolute atomic E-state index is 11.4. The zero-order chi connectivity index (χ0) is 14.0. The van der Waals surface area contributed by atoms with Gasteiger partial charge in [-0.15, -0.1) is 0 Å². The molecular formula is C14H21N3O2. The van der Waals surface area contributed by atoms with Crippen molar-refractivity contribution < 1.29 is 4.42 Å². The summed E-state index contributed by atoms with van der Waals surface area (Å²) in [4.78, 5) is 13.7. The van der Waals surface area contributed by atoms with Crippen LogP contribution in [0.4, 0.5) is 0 Å². The number of benzene rings is 1. The summed E-state index contributed by atoms with van der Waals surface area (Å²) in [5.41, 5.74) is 8.32. The molecule has 104 valence electrons. The number of fused-ring (bicyclic) bond motifs is 1. The average molecular weight is 263 g/mol. The highest BCUT2D eigenvalue weighted by molar-refractivity contribution is 5.73. The maximum atomic E-state index is 11.4. The first-order valence-corrected chi connectivity index (χ1v) is 6.51. The minimum absolute atomic E-state index is 0.318. The topological polar surface area (TPSA) is 64.4 Å². The summed E-state index contributed by atoms with van der Waals surface area (Å²) in [5, 5.41) is 0. The number of aromatic nitrogens is 1. The van der Waals surface area contributed by atoms with Crippen molar-refractivity contribution in [2.24, 2.45) is 12.8 Å². The molecule has 5 nitrogen and oxygen atoms in total. The summed E-state index contributed by atoms with van der Waals surface area (Å²) in [6.07, 6.45) is 0.927. The molecule has 0 aliphatic carbocycles. The quantitative estimate of drug-likeness (QED) is 0.872. The molecule has 19 heavy (non-hydrogen) atoms. The van der Waals surface area contributed by atoms with Gasteiger partial charge in [0.05, 0.1) is 5.52 Å². The number of aryl methyl sites for hydroxylation is 1. The number of hydrogen-bond donors (Lipinski definition) is 1. The Morgan fingerprint density at radius 2 is 2.21 bits per heavy atom. The molecular weight excluding hydrogens is 242 g/mol. The fourth-order valence-corrected chi connectivity index (χ4v) is 2.03. The van der Waals surface area contributed by atoms with Crippen LogP contribution in [0.2, 0.25) is 0 Å². The van der Waals surface area contributed by atoms with Crippen LogP contribution in [0, 0.1) is 0 Å². The van der Waals surface area contributed by atoms with Crippen molar-refractivity contribution in [2.75, 3.05) is 20.1 Å². The Balaban J connectivity index is 2.13. The minimum atomic E-state index is -0.318. The third-order valence-corrected chi connectivity index (χ3v) is 3.70. The van der Waals surface area contributed by atoms with Crippen LogP contribution in [0.15, 0.2) is 27.4 Å². The Labute approximate surface area is 112 Å². The third kappa shape index (κ3) is 2.88. The van der Waals surface area contributed by atoms with E-state index in [1.165, 1.54) is 10.1 Å². The Kier molecular flexibility index (Phi) is 4.07. The predicted molar refractivity (Wildman–Crippen MR) is 76.3 cm³/mol. The fourth-order valence-electron chi connectivity index (χ4n) is 2.03. The van der Waals surface area contributed by atoms with Gasteiger partial charge in [0.1, 0.15) is 0 Å². The Morgan fingerprint density at radius 1 is 1.47 bits per heavy atom. The molecule has 0 bridgehead atoms. The fraction of sp³-hybridized carbons (Fsp3) is 0.500. The lowest BCUT2D eigenvalue weighted by atomic mass is 10.1. The highest BCUT2D eigenvalue weighted by Gasteiger charge is 2.09. The molecule has 1 aromatic heterocycles. The lowest BCUT2D eigenvalue weighted by Crippen LogP contribution is -2.36. The van der Waals surface area contributed by atoms with E-state index in [1.807, 2.05) is 18.2 Å². The van der Waals surface area contributed by atoms with Crippen molar-refractivity contribution in [3.63, 3.8) is 0 Å².